The van der Waals surface area contributed by atoms with Crippen molar-refractivity contribution in [1.82, 2.24) is 4.72 Å². The summed E-state index contributed by atoms with van der Waals surface area (Å²) in [5.41, 5.74) is -3.73. The number of Topliss-reactive ketones (excluding diaryl/α,β-unsaturated/α-hetero) is 1. The van der Waals surface area contributed by atoms with Crippen LogP contribution in [0.4, 0.5) is 18.9 Å². The van der Waals surface area contributed by atoms with Crippen molar-refractivity contribution in [3.8, 4) is 0 Å². The Morgan fingerprint density at radius 3 is 2.14 bits per heavy atom. The normalized spacial score (nSPS) is 22.5. The molecule has 2 aliphatic rings. The second-order valence-corrected chi connectivity index (χ2v) is 11.5. The first kappa shape index (κ1) is 25.1. The highest BCUT2D eigenvalue weighted by Gasteiger charge is 2.72. The first-order chi connectivity index (χ1) is 16.1. The summed E-state index contributed by atoms with van der Waals surface area (Å²) in [7, 11) is -4.85. The first-order valence-electron chi connectivity index (χ1n) is 11.0. The van der Waals surface area contributed by atoms with E-state index in [1.165, 1.54) is 24.3 Å². The number of hydrogen-bond acceptors (Lipinski definition) is 4. The molecule has 4 rings (SSSR count). The number of carbonyl (C=O) groups excluding carboxylic acids is 2. The van der Waals surface area contributed by atoms with E-state index in [-0.39, 0.29) is 24.2 Å². The van der Waals surface area contributed by atoms with E-state index in [0.717, 1.165) is 28.2 Å². The summed E-state index contributed by atoms with van der Waals surface area (Å²) in [4.78, 5) is 27.4. The van der Waals surface area contributed by atoms with Gasteiger partial charge in [-0.3, -0.25) is 14.5 Å². The van der Waals surface area contributed by atoms with Crippen LogP contribution in [0.25, 0.3) is 0 Å². The number of anilines is 1. The molecule has 0 fully saturated rings. The lowest BCUT2D eigenvalue weighted by Gasteiger charge is -2.35. The average molecular weight is 507 g/mol. The van der Waals surface area contributed by atoms with Crippen molar-refractivity contribution in [2.24, 2.45) is 5.41 Å². The van der Waals surface area contributed by atoms with Crippen LogP contribution in [-0.4, -0.2) is 31.8 Å². The molecule has 0 unspecified atom stereocenters. The highest BCUT2D eigenvalue weighted by molar-refractivity contribution is 7.89. The molecular formula is C25H25F3N2O4S. The topological polar surface area (TPSA) is 83.6 Å². The van der Waals surface area contributed by atoms with E-state index >= 15 is 0 Å². The summed E-state index contributed by atoms with van der Waals surface area (Å²) in [6.45, 7) is 7.01. The van der Waals surface area contributed by atoms with E-state index < -0.39 is 49.3 Å². The third-order valence-electron chi connectivity index (χ3n) is 6.54. The van der Waals surface area contributed by atoms with Crippen LogP contribution in [0.5, 0.6) is 0 Å². The Kier molecular flexibility index (Phi) is 5.76. The van der Waals surface area contributed by atoms with Crippen molar-refractivity contribution in [3.63, 3.8) is 0 Å². The van der Waals surface area contributed by atoms with Crippen molar-refractivity contribution >= 4 is 27.4 Å². The number of carbonyl (C=O) groups is 2. The largest absolute Gasteiger partial charge is 0.421 e. The summed E-state index contributed by atoms with van der Waals surface area (Å²) >= 11 is 0. The number of ketones is 1. The van der Waals surface area contributed by atoms with Crippen LogP contribution in [0, 0.1) is 19.3 Å². The van der Waals surface area contributed by atoms with Gasteiger partial charge in [0.05, 0.1) is 10.5 Å². The van der Waals surface area contributed by atoms with E-state index in [9.17, 15) is 31.2 Å². The Hall–Kier alpha value is -2.98. The van der Waals surface area contributed by atoms with Gasteiger partial charge in [-0.1, -0.05) is 38.1 Å². The predicted molar refractivity (Wildman–Crippen MR) is 124 cm³/mol. The average Bonchev–Trinajstić information content (AvgIpc) is 2.98. The van der Waals surface area contributed by atoms with Gasteiger partial charge in [0, 0.05) is 17.8 Å². The Balaban J connectivity index is 2.01. The third-order valence-corrected chi connectivity index (χ3v) is 8.00. The van der Waals surface area contributed by atoms with Crippen molar-refractivity contribution in [2.75, 3.05) is 4.90 Å². The lowest BCUT2D eigenvalue weighted by atomic mass is 9.72. The van der Waals surface area contributed by atoms with Crippen molar-refractivity contribution in [2.45, 2.75) is 57.1 Å². The molecule has 2 aromatic carbocycles. The standard InChI is InChI=1S/C25H25F3N2O4S/c1-15-10-11-17(12-16(15)2)30-19-13-23(3,4)14-20(31)21(19)24(22(30)32,25(26,27)28)29-35(33,34)18-8-6-5-7-9-18/h5-12,29H,13-14H2,1-4H3/t24-/m1/s1. The minimum Gasteiger partial charge on any atom is -0.294 e. The van der Waals surface area contributed by atoms with Crippen molar-refractivity contribution < 1.29 is 31.2 Å². The summed E-state index contributed by atoms with van der Waals surface area (Å²) < 4.78 is 72.6. The molecule has 1 aliphatic heterocycles. The number of nitrogens with one attached hydrogen (secondary N) is 1. The van der Waals surface area contributed by atoms with Gasteiger partial charge in [-0.25, -0.2) is 8.42 Å². The number of benzene rings is 2. The molecule has 2 aromatic rings. The summed E-state index contributed by atoms with van der Waals surface area (Å²) in [5.74, 6) is -2.48. The van der Waals surface area contributed by atoms with Gasteiger partial charge in [0.1, 0.15) is 0 Å². The predicted octanol–water partition coefficient (Wildman–Crippen LogP) is 4.57. The molecule has 0 radical (unpaired) electrons. The zero-order chi connectivity index (χ0) is 26.0. The van der Waals surface area contributed by atoms with Crippen LogP contribution < -0.4 is 9.62 Å². The minimum absolute atomic E-state index is 0.0162. The second-order valence-electron chi connectivity index (χ2n) is 9.84. The smallest absolute Gasteiger partial charge is 0.294 e. The number of hydrogen-bond donors (Lipinski definition) is 1. The van der Waals surface area contributed by atoms with E-state index in [1.807, 2.05) is 6.92 Å². The first-order valence-corrected chi connectivity index (χ1v) is 12.4. The summed E-state index contributed by atoms with van der Waals surface area (Å²) in [6.07, 6.45) is -5.71. The molecule has 186 valence electrons. The van der Waals surface area contributed by atoms with Crippen LogP contribution >= 0.6 is 0 Å². The quantitative estimate of drug-likeness (QED) is 0.659. The molecule has 6 nitrogen and oxygen atoms in total. The molecule has 1 N–H and O–H groups in total. The van der Waals surface area contributed by atoms with Gasteiger partial charge < -0.3 is 0 Å². The van der Waals surface area contributed by atoms with Gasteiger partial charge >= 0.3 is 6.18 Å². The molecule has 35 heavy (non-hydrogen) atoms. The minimum atomic E-state index is -5.43. The molecule has 1 heterocycles. The molecular weight excluding hydrogens is 481 g/mol. The number of alkyl halides is 3. The summed E-state index contributed by atoms with van der Waals surface area (Å²) in [6, 6.07) is 11.2. The molecule has 0 saturated carbocycles. The molecule has 10 heteroatoms. The van der Waals surface area contributed by atoms with E-state index in [2.05, 4.69) is 0 Å². The Bertz CT molecular complexity index is 1360. The second kappa shape index (κ2) is 8.03. The highest BCUT2D eigenvalue weighted by Crippen LogP contribution is 2.53. The number of sulfonamides is 1. The number of halogens is 3. The molecule has 1 atom stereocenters. The fourth-order valence-corrected chi connectivity index (χ4v) is 6.06. The molecule has 0 bridgehead atoms. The molecule has 1 amide bonds. The highest BCUT2D eigenvalue weighted by atomic mass is 32.2. The maximum Gasteiger partial charge on any atom is 0.421 e. The van der Waals surface area contributed by atoms with Crippen LogP contribution in [0.2, 0.25) is 0 Å². The number of allylic oxidation sites excluding steroid dienone is 1. The number of aryl methyl sites for hydroxylation is 2. The monoisotopic (exact) mass is 506 g/mol. The van der Waals surface area contributed by atoms with Gasteiger partial charge in [0.2, 0.25) is 15.6 Å². The SMILES string of the molecule is Cc1ccc(N2C(=O)[C@@](NS(=O)(=O)c3ccccc3)(C(F)(F)F)C3=C2CC(C)(C)CC3=O)cc1C. The van der Waals surface area contributed by atoms with Crippen molar-refractivity contribution in [1.29, 1.82) is 0 Å². The lowest BCUT2D eigenvalue weighted by molar-refractivity contribution is -0.184. The van der Waals surface area contributed by atoms with Gasteiger partial charge in [0.15, 0.2) is 5.78 Å². The van der Waals surface area contributed by atoms with Crippen LogP contribution in [0.3, 0.4) is 0 Å². The number of amides is 1. The number of rotatable bonds is 4. The Morgan fingerprint density at radius 2 is 1.57 bits per heavy atom. The van der Waals surface area contributed by atoms with Gasteiger partial charge in [-0.05, 0) is 61.1 Å². The maximum absolute atomic E-state index is 14.9. The van der Waals surface area contributed by atoms with Crippen LogP contribution in [0.15, 0.2) is 64.7 Å². The van der Waals surface area contributed by atoms with E-state index in [0.29, 0.717) is 0 Å². The lowest BCUT2D eigenvalue weighted by Crippen LogP contribution is -2.66. The van der Waals surface area contributed by atoms with Crippen molar-refractivity contribution in [3.05, 3.63) is 70.9 Å². The molecule has 0 saturated heterocycles. The van der Waals surface area contributed by atoms with Gasteiger partial charge in [-0.15, -0.1) is 0 Å². The summed E-state index contributed by atoms with van der Waals surface area (Å²) in [5, 5.41) is 0. The van der Waals surface area contributed by atoms with Gasteiger partial charge in [-0.2, -0.15) is 17.9 Å². The zero-order valence-corrected chi connectivity index (χ0v) is 20.5. The van der Waals surface area contributed by atoms with Gasteiger partial charge in [0.25, 0.3) is 5.91 Å². The fraction of sp³-hybridized carbons (Fsp3) is 0.360. The molecule has 0 spiro atoms. The molecule has 1 aliphatic carbocycles. The van der Waals surface area contributed by atoms with E-state index in [1.54, 1.807) is 37.6 Å². The third kappa shape index (κ3) is 3.98. The van der Waals surface area contributed by atoms with Crippen LogP contribution in [-0.2, 0) is 19.6 Å². The molecule has 0 aromatic heterocycles. The zero-order valence-electron chi connectivity index (χ0n) is 19.7. The fourth-order valence-electron chi connectivity index (χ4n) is 4.72. The Labute approximate surface area is 201 Å². The Morgan fingerprint density at radius 1 is 0.943 bits per heavy atom. The van der Waals surface area contributed by atoms with E-state index in [4.69, 9.17) is 0 Å². The maximum atomic E-state index is 14.9. The number of nitrogens with zero attached hydrogens (tertiary/aromatic N) is 1. The van der Waals surface area contributed by atoms with Crippen LogP contribution in [0.1, 0.15) is 37.8 Å².